The zero-order valence-corrected chi connectivity index (χ0v) is 19.9. The first kappa shape index (κ1) is 24.3. The molecule has 8 nitrogen and oxygen atoms in total. The molecule has 34 heavy (non-hydrogen) atoms. The Bertz CT molecular complexity index is 1030. The number of hydrogen-bond acceptors (Lipinski definition) is 9. The van der Waals surface area contributed by atoms with Crippen molar-refractivity contribution in [2.45, 2.75) is 30.8 Å². The highest BCUT2D eigenvalue weighted by molar-refractivity contribution is 7.99. The molecule has 0 fully saturated rings. The van der Waals surface area contributed by atoms with Gasteiger partial charge in [-0.1, -0.05) is 12.1 Å². The molecule has 2 N–H and O–H groups in total. The van der Waals surface area contributed by atoms with Crippen molar-refractivity contribution in [1.82, 2.24) is 5.32 Å². The van der Waals surface area contributed by atoms with Crippen LogP contribution in [0.15, 0.2) is 53.3 Å². The summed E-state index contributed by atoms with van der Waals surface area (Å²) in [6, 6.07) is 11.2. The Morgan fingerprint density at radius 3 is 3.03 bits per heavy atom. The number of carbonyl (C=O) groups is 1. The fourth-order valence-electron chi connectivity index (χ4n) is 3.53. The molecule has 0 saturated carbocycles. The van der Waals surface area contributed by atoms with Crippen molar-refractivity contribution in [3.8, 4) is 23.0 Å². The highest BCUT2D eigenvalue weighted by atomic mass is 32.2. The zero-order valence-electron chi connectivity index (χ0n) is 19.1. The van der Waals surface area contributed by atoms with Crippen LogP contribution in [0.5, 0.6) is 23.0 Å². The van der Waals surface area contributed by atoms with Gasteiger partial charge in [-0.3, -0.25) is 0 Å². The molecule has 2 aromatic carbocycles. The summed E-state index contributed by atoms with van der Waals surface area (Å²) in [5, 5.41) is 13.4. The lowest BCUT2D eigenvalue weighted by Crippen LogP contribution is -2.33. The Kier molecular flexibility index (Phi) is 8.56. The lowest BCUT2D eigenvalue weighted by atomic mass is 10.1. The van der Waals surface area contributed by atoms with Crippen molar-refractivity contribution in [2.75, 3.05) is 38.7 Å². The van der Waals surface area contributed by atoms with E-state index in [2.05, 4.69) is 11.4 Å². The summed E-state index contributed by atoms with van der Waals surface area (Å²) in [6.07, 6.45) is 2.87. The van der Waals surface area contributed by atoms with Gasteiger partial charge in [0.1, 0.15) is 37.1 Å². The largest absolute Gasteiger partial charge is 0.492 e. The van der Waals surface area contributed by atoms with Crippen LogP contribution in [0.1, 0.15) is 18.9 Å². The molecule has 2 aromatic rings. The Morgan fingerprint density at radius 1 is 1.24 bits per heavy atom. The van der Waals surface area contributed by atoms with E-state index in [1.165, 1.54) is 23.1 Å². The van der Waals surface area contributed by atoms with Gasteiger partial charge in [0.25, 0.3) is 0 Å². The van der Waals surface area contributed by atoms with E-state index in [1.54, 1.807) is 25.1 Å². The predicted molar refractivity (Wildman–Crippen MR) is 128 cm³/mol. The fraction of sp³-hybridized carbons (Fsp3) is 0.400. The number of hydrogen-bond donors (Lipinski definition) is 2. The van der Waals surface area contributed by atoms with Gasteiger partial charge in [0, 0.05) is 19.2 Å². The van der Waals surface area contributed by atoms with Crippen molar-refractivity contribution in [3.05, 3.63) is 54.0 Å². The quantitative estimate of drug-likeness (QED) is 0.366. The molecule has 2 aliphatic heterocycles. The summed E-state index contributed by atoms with van der Waals surface area (Å²) in [5.74, 6) is 2.85. The second-order valence-electron chi connectivity index (χ2n) is 7.74. The molecule has 0 amide bonds. The number of esters is 1. The monoisotopic (exact) mass is 487 g/mol. The Balaban J connectivity index is 1.15. The molecule has 2 aliphatic rings. The third kappa shape index (κ3) is 6.37. The van der Waals surface area contributed by atoms with Gasteiger partial charge in [-0.05, 0) is 49.3 Å². The Hall–Kier alpha value is -2.88. The van der Waals surface area contributed by atoms with Gasteiger partial charge in [-0.2, -0.15) is 0 Å². The summed E-state index contributed by atoms with van der Waals surface area (Å²) in [4.78, 5) is 12.9. The smallest absolute Gasteiger partial charge is 0.377 e. The van der Waals surface area contributed by atoms with E-state index in [1.807, 2.05) is 23.9 Å². The number of benzene rings is 2. The average Bonchev–Trinajstić information content (AvgIpc) is 2.87. The van der Waals surface area contributed by atoms with Gasteiger partial charge in [-0.25, -0.2) is 4.79 Å². The molecule has 1 atom stereocenters. The normalized spacial score (nSPS) is 15.1. The van der Waals surface area contributed by atoms with Gasteiger partial charge in [0.05, 0.1) is 11.5 Å². The number of ether oxygens (including phenoxy) is 5. The summed E-state index contributed by atoms with van der Waals surface area (Å²) >= 11 is 1.82. The molecule has 0 radical (unpaired) electrons. The molecule has 0 saturated heterocycles. The number of aliphatic hydroxyl groups excluding tert-OH is 1. The number of aliphatic hydroxyl groups is 1. The van der Waals surface area contributed by atoms with Crippen LogP contribution in [0.4, 0.5) is 0 Å². The molecule has 9 heteroatoms. The number of rotatable bonds is 11. The first-order valence-electron chi connectivity index (χ1n) is 11.4. The maximum atomic E-state index is 11.7. The molecule has 0 aliphatic carbocycles. The highest BCUT2D eigenvalue weighted by Crippen LogP contribution is 2.38. The Labute approximate surface area is 203 Å². The first-order valence-corrected chi connectivity index (χ1v) is 12.4. The molecule has 0 bridgehead atoms. The molecule has 0 spiro atoms. The van der Waals surface area contributed by atoms with Crippen molar-refractivity contribution in [3.63, 3.8) is 0 Å². The standard InChI is InChI=1S/C25H29NO7S/c1-2-29-25(28)23-16-32-22-13-19(8-9-20(22)33-23)30-11-10-26-14-18(27)15-31-21-7-3-5-17-6-4-12-34-24(17)21/h3,5,7-9,13,16,18,26-27H,2,4,6,10-12,14-15H2,1H3. The number of carbonyl (C=O) groups excluding carboxylic acids is 1. The number of nitrogens with one attached hydrogen (secondary N) is 1. The number of fused-ring (bicyclic) bond motifs is 2. The van der Waals surface area contributed by atoms with Crippen molar-refractivity contribution in [2.24, 2.45) is 0 Å². The fourth-order valence-corrected chi connectivity index (χ4v) is 4.65. The van der Waals surface area contributed by atoms with Crippen molar-refractivity contribution < 1.29 is 33.6 Å². The molecular formula is C25H29NO7S. The van der Waals surface area contributed by atoms with Crippen LogP contribution in [0.25, 0.3) is 0 Å². The van der Waals surface area contributed by atoms with E-state index in [-0.39, 0.29) is 19.0 Å². The van der Waals surface area contributed by atoms with Crippen LogP contribution >= 0.6 is 11.8 Å². The van der Waals surface area contributed by atoms with Crippen LogP contribution in [-0.2, 0) is 16.0 Å². The van der Waals surface area contributed by atoms with Gasteiger partial charge in [0.2, 0.25) is 5.76 Å². The predicted octanol–water partition coefficient (Wildman–Crippen LogP) is 3.31. The van der Waals surface area contributed by atoms with Crippen molar-refractivity contribution in [1.29, 1.82) is 0 Å². The second kappa shape index (κ2) is 12.0. The number of aryl methyl sites for hydroxylation is 1. The zero-order chi connectivity index (χ0) is 23.8. The first-order chi connectivity index (χ1) is 16.6. The molecule has 0 aromatic heterocycles. The SMILES string of the molecule is CCOC(=O)C1=COc2cc(OCCNCC(O)COc3cccc4c3SCCC4)ccc2O1. The van der Waals surface area contributed by atoms with Gasteiger partial charge in [-0.15, -0.1) is 11.8 Å². The summed E-state index contributed by atoms with van der Waals surface area (Å²) < 4.78 is 27.5. The molecule has 2 heterocycles. The summed E-state index contributed by atoms with van der Waals surface area (Å²) in [6.45, 7) is 3.56. The Morgan fingerprint density at radius 2 is 2.15 bits per heavy atom. The maximum Gasteiger partial charge on any atom is 0.377 e. The lowest BCUT2D eigenvalue weighted by molar-refractivity contribution is -0.141. The average molecular weight is 488 g/mol. The van der Waals surface area contributed by atoms with Gasteiger partial charge >= 0.3 is 5.97 Å². The molecule has 182 valence electrons. The minimum atomic E-state index is -0.626. The third-order valence-corrected chi connectivity index (χ3v) is 6.41. The van der Waals surface area contributed by atoms with E-state index in [4.69, 9.17) is 23.7 Å². The van der Waals surface area contributed by atoms with Gasteiger partial charge < -0.3 is 34.1 Å². The van der Waals surface area contributed by atoms with Crippen molar-refractivity contribution >= 4 is 17.7 Å². The maximum absolute atomic E-state index is 11.7. The van der Waals surface area contributed by atoms with Crippen LogP contribution in [0.3, 0.4) is 0 Å². The van der Waals surface area contributed by atoms with Crippen LogP contribution in [0.2, 0.25) is 0 Å². The van der Waals surface area contributed by atoms with E-state index in [0.717, 1.165) is 17.9 Å². The third-order valence-electron chi connectivity index (χ3n) is 5.16. The van der Waals surface area contributed by atoms with Crippen LogP contribution in [0, 0.1) is 0 Å². The van der Waals surface area contributed by atoms with E-state index in [9.17, 15) is 9.90 Å². The summed E-state index contributed by atoms with van der Waals surface area (Å²) in [5.41, 5.74) is 1.33. The highest BCUT2D eigenvalue weighted by Gasteiger charge is 2.22. The van der Waals surface area contributed by atoms with E-state index < -0.39 is 12.1 Å². The number of thioether (sulfide) groups is 1. The topological polar surface area (TPSA) is 95.5 Å². The molecular weight excluding hydrogens is 458 g/mol. The van der Waals surface area contributed by atoms with Crippen LogP contribution < -0.4 is 24.3 Å². The van der Waals surface area contributed by atoms with E-state index in [0.29, 0.717) is 36.9 Å². The van der Waals surface area contributed by atoms with Gasteiger partial charge in [0.15, 0.2) is 11.5 Å². The second-order valence-corrected chi connectivity index (χ2v) is 8.85. The minimum absolute atomic E-state index is 0.000610. The molecule has 1 unspecified atom stereocenters. The molecule has 4 rings (SSSR count). The minimum Gasteiger partial charge on any atom is -0.492 e. The van der Waals surface area contributed by atoms with E-state index >= 15 is 0 Å². The lowest BCUT2D eigenvalue weighted by Gasteiger charge is -2.20. The summed E-state index contributed by atoms with van der Waals surface area (Å²) in [7, 11) is 0. The van der Waals surface area contributed by atoms with Crippen LogP contribution in [-0.4, -0.2) is 55.8 Å².